The van der Waals surface area contributed by atoms with Gasteiger partial charge in [0, 0.05) is 10.0 Å². The van der Waals surface area contributed by atoms with Crippen LogP contribution in [-0.2, 0) is 12.8 Å². The van der Waals surface area contributed by atoms with Crippen LogP contribution in [0.15, 0.2) is 40.9 Å². The molecule has 19 heavy (non-hydrogen) atoms. The van der Waals surface area contributed by atoms with Crippen molar-refractivity contribution in [3.63, 3.8) is 0 Å². The Bertz CT molecular complexity index is 622. The third-order valence-corrected chi connectivity index (χ3v) is 5.16. The lowest BCUT2D eigenvalue weighted by Gasteiger charge is -2.13. The molecule has 0 N–H and O–H groups in total. The van der Waals surface area contributed by atoms with Crippen molar-refractivity contribution in [2.24, 2.45) is 0 Å². The van der Waals surface area contributed by atoms with Crippen molar-refractivity contribution >= 4 is 31.9 Å². The molecule has 0 nitrogen and oxygen atoms in total. The van der Waals surface area contributed by atoms with Crippen molar-refractivity contribution in [3.8, 4) is 0 Å². The van der Waals surface area contributed by atoms with Crippen molar-refractivity contribution in [2.45, 2.75) is 24.1 Å². The van der Waals surface area contributed by atoms with Gasteiger partial charge in [-0.05, 0) is 54.2 Å². The van der Waals surface area contributed by atoms with Gasteiger partial charge in [0.05, 0.1) is 4.83 Å². The lowest BCUT2D eigenvalue weighted by molar-refractivity contribution is 0.613. The highest BCUT2D eigenvalue weighted by Crippen LogP contribution is 2.36. The summed E-state index contributed by atoms with van der Waals surface area (Å²) < 4.78 is 14.8. The lowest BCUT2D eigenvalue weighted by atomic mass is 10.00. The van der Waals surface area contributed by atoms with Crippen LogP contribution in [0.1, 0.15) is 33.5 Å². The molecule has 1 unspecified atom stereocenters. The van der Waals surface area contributed by atoms with E-state index in [-0.39, 0.29) is 10.6 Å². The Balaban J connectivity index is 1.99. The van der Waals surface area contributed by atoms with Gasteiger partial charge in [0.15, 0.2) is 0 Å². The Morgan fingerprint density at radius 1 is 1.00 bits per heavy atom. The molecule has 0 saturated carbocycles. The molecule has 3 rings (SSSR count). The van der Waals surface area contributed by atoms with Crippen LogP contribution in [0.25, 0.3) is 0 Å². The molecule has 0 aliphatic heterocycles. The van der Waals surface area contributed by atoms with Crippen LogP contribution >= 0.6 is 31.9 Å². The first-order chi connectivity index (χ1) is 9.15. The molecule has 3 heteroatoms. The van der Waals surface area contributed by atoms with Gasteiger partial charge in [-0.15, -0.1) is 0 Å². The number of halogens is 3. The molecule has 98 valence electrons. The quantitative estimate of drug-likeness (QED) is 0.595. The fourth-order valence-corrected chi connectivity index (χ4v) is 3.65. The number of alkyl halides is 1. The summed E-state index contributed by atoms with van der Waals surface area (Å²) >= 11 is 7.03. The van der Waals surface area contributed by atoms with E-state index in [4.69, 9.17) is 0 Å². The summed E-state index contributed by atoms with van der Waals surface area (Å²) in [6.45, 7) is 0. The second kappa shape index (κ2) is 5.37. The molecule has 1 aliphatic carbocycles. The summed E-state index contributed by atoms with van der Waals surface area (Å²) in [5.41, 5.74) is 4.65. The SMILES string of the molecule is Fc1ccc(Br)cc1C(Br)c1ccc2c(c1)CCC2. The monoisotopic (exact) mass is 382 g/mol. The van der Waals surface area contributed by atoms with Crippen molar-refractivity contribution < 1.29 is 4.39 Å². The van der Waals surface area contributed by atoms with E-state index in [1.165, 1.54) is 30.0 Å². The highest BCUT2D eigenvalue weighted by Gasteiger charge is 2.18. The molecule has 0 fully saturated rings. The Hall–Kier alpha value is -0.670. The zero-order chi connectivity index (χ0) is 13.4. The molecule has 1 aliphatic rings. The predicted molar refractivity (Wildman–Crippen MR) is 83.3 cm³/mol. The minimum atomic E-state index is -0.175. The number of aryl methyl sites for hydroxylation is 2. The molecule has 0 radical (unpaired) electrons. The lowest BCUT2D eigenvalue weighted by Crippen LogP contribution is -1.98. The maximum absolute atomic E-state index is 13.9. The molecule has 0 aromatic heterocycles. The normalized spacial score (nSPS) is 15.3. The standard InChI is InChI=1S/C16H13Br2F/c17-13-6-7-15(19)14(9-13)16(18)12-5-4-10-2-1-3-11(10)8-12/h4-9,16H,1-3H2. The first kappa shape index (κ1) is 13.3. The molecule has 2 aromatic carbocycles. The molecule has 0 saturated heterocycles. The maximum atomic E-state index is 13.9. The average molecular weight is 384 g/mol. The van der Waals surface area contributed by atoms with Gasteiger partial charge in [-0.3, -0.25) is 0 Å². The van der Waals surface area contributed by atoms with Gasteiger partial charge in [-0.25, -0.2) is 4.39 Å². The Kier molecular flexibility index (Phi) is 3.77. The Morgan fingerprint density at radius 2 is 1.79 bits per heavy atom. The molecular weight excluding hydrogens is 371 g/mol. The second-order valence-corrected chi connectivity index (χ2v) is 6.74. The van der Waals surface area contributed by atoms with Crippen LogP contribution in [0.5, 0.6) is 0 Å². The molecule has 0 heterocycles. The summed E-state index contributed by atoms with van der Waals surface area (Å²) in [4.78, 5) is -0.101. The average Bonchev–Trinajstić information content (AvgIpc) is 2.88. The van der Waals surface area contributed by atoms with Crippen LogP contribution < -0.4 is 0 Å². The van der Waals surface area contributed by atoms with E-state index in [0.29, 0.717) is 5.56 Å². The summed E-state index contributed by atoms with van der Waals surface area (Å²) in [6.07, 6.45) is 3.55. The summed E-state index contributed by atoms with van der Waals surface area (Å²) in [6, 6.07) is 11.6. The van der Waals surface area contributed by atoms with Crippen LogP contribution in [0.4, 0.5) is 4.39 Å². The number of hydrogen-bond acceptors (Lipinski definition) is 0. The number of hydrogen-bond donors (Lipinski definition) is 0. The van der Waals surface area contributed by atoms with Gasteiger partial charge in [-0.1, -0.05) is 50.1 Å². The van der Waals surface area contributed by atoms with Crippen LogP contribution in [0, 0.1) is 5.82 Å². The Labute approximate surface area is 129 Å². The predicted octanol–water partition coefficient (Wildman–Crippen LogP) is 5.56. The molecule has 2 aromatic rings. The first-order valence-corrected chi connectivity index (χ1v) is 8.07. The van der Waals surface area contributed by atoms with Gasteiger partial charge in [0.25, 0.3) is 0 Å². The van der Waals surface area contributed by atoms with E-state index in [2.05, 4.69) is 50.1 Å². The Morgan fingerprint density at radius 3 is 2.63 bits per heavy atom. The zero-order valence-corrected chi connectivity index (χ0v) is 13.5. The van der Waals surface area contributed by atoms with Gasteiger partial charge in [-0.2, -0.15) is 0 Å². The fraction of sp³-hybridized carbons (Fsp3) is 0.250. The summed E-state index contributed by atoms with van der Waals surface area (Å²) in [5.74, 6) is -0.175. The fourth-order valence-electron chi connectivity index (χ4n) is 2.64. The van der Waals surface area contributed by atoms with E-state index in [1.807, 2.05) is 6.07 Å². The third kappa shape index (κ3) is 2.63. The zero-order valence-electron chi connectivity index (χ0n) is 10.3. The summed E-state index contributed by atoms with van der Waals surface area (Å²) in [5, 5.41) is 0. The van der Waals surface area contributed by atoms with Crippen molar-refractivity contribution in [3.05, 3.63) is 68.9 Å². The highest BCUT2D eigenvalue weighted by molar-refractivity contribution is 9.10. The minimum Gasteiger partial charge on any atom is -0.207 e. The van der Waals surface area contributed by atoms with Crippen LogP contribution in [0.2, 0.25) is 0 Å². The smallest absolute Gasteiger partial charge is 0.127 e. The third-order valence-electron chi connectivity index (χ3n) is 3.65. The van der Waals surface area contributed by atoms with E-state index in [1.54, 1.807) is 6.07 Å². The maximum Gasteiger partial charge on any atom is 0.127 e. The highest BCUT2D eigenvalue weighted by atomic mass is 79.9. The number of fused-ring (bicyclic) bond motifs is 1. The molecule has 1 atom stereocenters. The van der Waals surface area contributed by atoms with Crippen molar-refractivity contribution in [2.75, 3.05) is 0 Å². The first-order valence-electron chi connectivity index (χ1n) is 6.36. The van der Waals surface area contributed by atoms with Crippen LogP contribution in [0.3, 0.4) is 0 Å². The van der Waals surface area contributed by atoms with Gasteiger partial charge >= 0.3 is 0 Å². The number of rotatable bonds is 2. The van der Waals surface area contributed by atoms with E-state index >= 15 is 0 Å². The second-order valence-electron chi connectivity index (χ2n) is 4.91. The minimum absolute atomic E-state index is 0.101. The summed E-state index contributed by atoms with van der Waals surface area (Å²) in [7, 11) is 0. The van der Waals surface area contributed by atoms with Gasteiger partial charge < -0.3 is 0 Å². The molecule has 0 amide bonds. The van der Waals surface area contributed by atoms with Crippen LogP contribution in [-0.4, -0.2) is 0 Å². The van der Waals surface area contributed by atoms with Crippen molar-refractivity contribution in [1.82, 2.24) is 0 Å². The van der Waals surface area contributed by atoms with E-state index in [9.17, 15) is 4.39 Å². The van der Waals surface area contributed by atoms with Crippen molar-refractivity contribution in [1.29, 1.82) is 0 Å². The molecule has 0 spiro atoms. The number of benzene rings is 2. The van der Waals surface area contributed by atoms with Gasteiger partial charge in [0.2, 0.25) is 0 Å². The molecular formula is C16H13Br2F. The topological polar surface area (TPSA) is 0 Å². The van der Waals surface area contributed by atoms with E-state index in [0.717, 1.165) is 16.5 Å². The molecule has 0 bridgehead atoms. The van der Waals surface area contributed by atoms with Gasteiger partial charge in [0.1, 0.15) is 5.82 Å². The van der Waals surface area contributed by atoms with E-state index < -0.39 is 0 Å². The largest absolute Gasteiger partial charge is 0.207 e.